The number of nitrogens with one attached hydrogen (secondary N) is 1. The zero-order chi connectivity index (χ0) is 20.6. The maximum absolute atomic E-state index is 12.9. The highest BCUT2D eigenvalue weighted by Crippen LogP contribution is 2.33. The zero-order valence-electron chi connectivity index (χ0n) is 16.2. The van der Waals surface area contributed by atoms with Crippen LogP contribution in [-0.2, 0) is 21.8 Å². The summed E-state index contributed by atoms with van der Waals surface area (Å²) < 4.78 is 35.8. The van der Waals surface area contributed by atoms with Gasteiger partial charge in [0.1, 0.15) is 9.90 Å². The first-order chi connectivity index (χ1) is 13.8. The first-order valence-electron chi connectivity index (χ1n) is 9.34. The monoisotopic (exact) mass is 451 g/mol. The number of benzene rings is 1. The molecule has 0 spiro atoms. The molecule has 6 nitrogen and oxygen atoms in total. The third kappa shape index (κ3) is 4.27. The molecule has 29 heavy (non-hydrogen) atoms. The van der Waals surface area contributed by atoms with E-state index in [1.165, 1.54) is 11.3 Å². The average Bonchev–Trinajstić information content (AvgIpc) is 3.42. The van der Waals surface area contributed by atoms with Gasteiger partial charge in [0.2, 0.25) is 10.0 Å². The van der Waals surface area contributed by atoms with E-state index in [-0.39, 0.29) is 11.0 Å². The standard InChI is InChI=1S/C20H22ClN3O3S2/c1-13-19(29(25,26)22-11-16-7-4-8-27-16)10-18(24(13)2)20-23-17(12-28-20)14-5-3-6-15(21)9-14/h3,5-6,9-10,12,16,22H,4,7-8,11H2,1-2H3/t16-/m1/s1. The fourth-order valence-corrected chi connectivity index (χ4v) is 5.83. The lowest BCUT2D eigenvalue weighted by atomic mass is 10.2. The maximum Gasteiger partial charge on any atom is 0.242 e. The maximum atomic E-state index is 12.9. The van der Waals surface area contributed by atoms with Crippen molar-refractivity contribution < 1.29 is 13.2 Å². The highest BCUT2D eigenvalue weighted by molar-refractivity contribution is 7.89. The summed E-state index contributed by atoms with van der Waals surface area (Å²) in [6.45, 7) is 2.79. The zero-order valence-corrected chi connectivity index (χ0v) is 18.6. The summed E-state index contributed by atoms with van der Waals surface area (Å²) in [5.41, 5.74) is 3.17. The molecule has 1 aromatic carbocycles. The predicted octanol–water partition coefficient (Wildman–Crippen LogP) is 4.23. The van der Waals surface area contributed by atoms with Crippen LogP contribution in [0.3, 0.4) is 0 Å². The smallest absolute Gasteiger partial charge is 0.242 e. The molecule has 1 fully saturated rings. The molecule has 3 aromatic rings. The molecule has 0 amide bonds. The molecule has 9 heteroatoms. The number of ether oxygens (including phenoxy) is 1. The number of halogens is 1. The minimum atomic E-state index is -3.63. The topological polar surface area (TPSA) is 73.2 Å². The van der Waals surface area contributed by atoms with Crippen molar-refractivity contribution in [3.63, 3.8) is 0 Å². The molecule has 154 valence electrons. The van der Waals surface area contributed by atoms with E-state index in [4.69, 9.17) is 21.3 Å². The largest absolute Gasteiger partial charge is 0.377 e. The van der Waals surface area contributed by atoms with E-state index in [1.54, 1.807) is 13.0 Å². The molecule has 2 aromatic heterocycles. The number of thiazole rings is 1. The summed E-state index contributed by atoms with van der Waals surface area (Å²) in [4.78, 5) is 4.97. The summed E-state index contributed by atoms with van der Waals surface area (Å²) >= 11 is 7.56. The molecular formula is C20H22ClN3O3S2. The van der Waals surface area contributed by atoms with Crippen LogP contribution >= 0.6 is 22.9 Å². The van der Waals surface area contributed by atoms with Crippen LogP contribution in [0.15, 0.2) is 40.6 Å². The minimum Gasteiger partial charge on any atom is -0.377 e. The van der Waals surface area contributed by atoms with E-state index in [0.29, 0.717) is 23.9 Å². The molecule has 1 atom stereocenters. The fourth-order valence-electron chi connectivity index (χ4n) is 3.41. The van der Waals surface area contributed by atoms with E-state index in [2.05, 4.69) is 4.72 Å². The molecule has 0 unspecified atom stereocenters. The number of nitrogens with zero attached hydrogens (tertiary/aromatic N) is 2. The molecule has 1 aliphatic heterocycles. The lowest BCUT2D eigenvalue weighted by Crippen LogP contribution is -2.32. The predicted molar refractivity (Wildman–Crippen MR) is 116 cm³/mol. The Kier molecular flexibility index (Phi) is 5.81. The first-order valence-corrected chi connectivity index (χ1v) is 12.1. The van der Waals surface area contributed by atoms with Gasteiger partial charge >= 0.3 is 0 Å². The van der Waals surface area contributed by atoms with Crippen LogP contribution < -0.4 is 4.72 Å². The summed E-state index contributed by atoms with van der Waals surface area (Å²) in [7, 11) is -1.78. The molecular weight excluding hydrogens is 430 g/mol. The van der Waals surface area contributed by atoms with Crippen LogP contribution in [-0.4, -0.2) is 37.2 Å². The van der Waals surface area contributed by atoms with Crippen molar-refractivity contribution in [1.29, 1.82) is 0 Å². The van der Waals surface area contributed by atoms with Crippen LogP contribution in [0.5, 0.6) is 0 Å². The van der Waals surface area contributed by atoms with E-state index in [0.717, 1.165) is 34.8 Å². The quantitative estimate of drug-likeness (QED) is 0.608. The third-order valence-electron chi connectivity index (χ3n) is 5.15. The average molecular weight is 452 g/mol. The van der Waals surface area contributed by atoms with Gasteiger partial charge in [0.25, 0.3) is 0 Å². The van der Waals surface area contributed by atoms with Crippen LogP contribution in [0.25, 0.3) is 22.0 Å². The number of hydrogen-bond donors (Lipinski definition) is 1. The van der Waals surface area contributed by atoms with Gasteiger partial charge in [-0.1, -0.05) is 23.7 Å². The molecule has 1 N–H and O–H groups in total. The summed E-state index contributed by atoms with van der Waals surface area (Å²) in [6, 6.07) is 9.20. The van der Waals surface area contributed by atoms with E-state index < -0.39 is 10.0 Å². The van der Waals surface area contributed by atoms with Crippen molar-refractivity contribution in [2.24, 2.45) is 7.05 Å². The van der Waals surface area contributed by atoms with Crippen LogP contribution in [0, 0.1) is 6.92 Å². The second-order valence-corrected chi connectivity index (χ2v) is 10.1. The van der Waals surface area contributed by atoms with Gasteiger partial charge in [0, 0.05) is 41.9 Å². The Labute approximate surface area is 179 Å². The van der Waals surface area contributed by atoms with Crippen molar-refractivity contribution in [3.8, 4) is 22.0 Å². The van der Waals surface area contributed by atoms with Crippen molar-refractivity contribution >= 4 is 33.0 Å². The van der Waals surface area contributed by atoms with E-state index >= 15 is 0 Å². The first kappa shape index (κ1) is 20.6. The van der Waals surface area contributed by atoms with Gasteiger partial charge in [-0.2, -0.15) is 0 Å². The van der Waals surface area contributed by atoms with Gasteiger partial charge < -0.3 is 9.30 Å². The highest BCUT2D eigenvalue weighted by Gasteiger charge is 2.25. The van der Waals surface area contributed by atoms with Crippen LogP contribution in [0.4, 0.5) is 0 Å². The summed E-state index contributed by atoms with van der Waals surface area (Å²) in [5.74, 6) is 0. The fraction of sp³-hybridized carbons (Fsp3) is 0.350. The Morgan fingerprint density at radius 1 is 1.38 bits per heavy atom. The molecule has 0 bridgehead atoms. The van der Waals surface area contributed by atoms with Gasteiger partial charge in [0.15, 0.2) is 0 Å². The lowest BCUT2D eigenvalue weighted by molar-refractivity contribution is 0.114. The molecule has 0 aliphatic carbocycles. The van der Waals surface area contributed by atoms with Gasteiger partial charge in [0.05, 0.1) is 17.5 Å². The molecule has 3 heterocycles. The SMILES string of the molecule is Cc1c(S(=O)(=O)NC[C@H]2CCCO2)cc(-c2nc(-c3cccc(Cl)c3)cs2)n1C. The molecule has 0 radical (unpaired) electrons. The van der Waals surface area contributed by atoms with Crippen molar-refractivity contribution in [3.05, 3.63) is 46.4 Å². The third-order valence-corrected chi connectivity index (χ3v) is 7.79. The molecule has 4 rings (SSSR count). The van der Waals surface area contributed by atoms with Crippen molar-refractivity contribution in [2.45, 2.75) is 30.8 Å². The van der Waals surface area contributed by atoms with E-state index in [1.807, 2.05) is 41.3 Å². The van der Waals surface area contributed by atoms with Gasteiger partial charge in [-0.3, -0.25) is 0 Å². The summed E-state index contributed by atoms with van der Waals surface area (Å²) in [6.07, 6.45) is 1.81. The van der Waals surface area contributed by atoms with Crippen LogP contribution in [0.1, 0.15) is 18.5 Å². The Morgan fingerprint density at radius 2 is 2.21 bits per heavy atom. The normalized spacial score (nSPS) is 17.1. The number of aromatic nitrogens is 2. The Balaban J connectivity index is 1.61. The van der Waals surface area contributed by atoms with Crippen molar-refractivity contribution in [1.82, 2.24) is 14.3 Å². The van der Waals surface area contributed by atoms with Crippen LogP contribution in [0.2, 0.25) is 5.02 Å². The number of rotatable bonds is 6. The van der Waals surface area contributed by atoms with Gasteiger partial charge in [-0.05, 0) is 38.0 Å². The molecule has 0 saturated carbocycles. The minimum absolute atomic E-state index is 0.0486. The lowest BCUT2D eigenvalue weighted by Gasteiger charge is -2.11. The summed E-state index contributed by atoms with van der Waals surface area (Å²) in [5, 5.41) is 3.36. The Bertz CT molecular complexity index is 1130. The Morgan fingerprint density at radius 3 is 2.93 bits per heavy atom. The van der Waals surface area contributed by atoms with E-state index in [9.17, 15) is 8.42 Å². The Hall–Kier alpha value is -1.71. The molecule has 1 aliphatic rings. The van der Waals surface area contributed by atoms with Crippen molar-refractivity contribution in [2.75, 3.05) is 13.2 Å². The van der Waals surface area contributed by atoms with Gasteiger partial charge in [-0.15, -0.1) is 11.3 Å². The number of hydrogen-bond acceptors (Lipinski definition) is 5. The number of sulfonamides is 1. The van der Waals surface area contributed by atoms with Gasteiger partial charge in [-0.25, -0.2) is 18.1 Å². The second-order valence-electron chi connectivity index (χ2n) is 7.07. The highest BCUT2D eigenvalue weighted by atomic mass is 35.5. The molecule has 1 saturated heterocycles. The second kappa shape index (κ2) is 8.20.